The van der Waals surface area contributed by atoms with Gasteiger partial charge in [0, 0.05) is 17.5 Å². The van der Waals surface area contributed by atoms with Crippen molar-refractivity contribution in [3.8, 4) is 0 Å². The minimum atomic E-state index is -0.813. The van der Waals surface area contributed by atoms with Gasteiger partial charge in [-0.1, -0.05) is 31.2 Å². The molecule has 7 atom stereocenters. The Balaban J connectivity index is 1.74. The number of rotatable bonds is 12. The Morgan fingerprint density at radius 3 is 2.69 bits per heavy atom. The molecule has 39 heavy (non-hydrogen) atoms. The number of amides is 2. The molecular weight excluding hydrogens is 512 g/mol. The van der Waals surface area contributed by atoms with Crippen molar-refractivity contribution in [3.63, 3.8) is 0 Å². The Hall–Kier alpha value is -2.58. The van der Waals surface area contributed by atoms with Gasteiger partial charge in [0.25, 0.3) is 5.91 Å². The fourth-order valence-corrected chi connectivity index (χ4v) is 9.21. The SMILES string of the molecule is C=CCCCCOC(=O)[C@@H]1[C@@H]2CC(C)C3(S2)C(C(=O)N(CC=C)c2cc(C)ccc2C)N([C@H](C)CO)C(=O)[C@H]13. The number of hydrogen-bond acceptors (Lipinski definition) is 6. The summed E-state index contributed by atoms with van der Waals surface area (Å²) >= 11 is 1.62. The monoisotopic (exact) mass is 554 g/mol. The predicted molar refractivity (Wildman–Crippen MR) is 156 cm³/mol. The number of aliphatic hydroxyl groups is 1. The second kappa shape index (κ2) is 11.9. The number of carbonyl (C=O) groups is 3. The molecule has 3 unspecified atom stereocenters. The number of aliphatic hydroxyl groups excluding tert-OH is 1. The Bertz CT molecular complexity index is 1140. The molecule has 212 valence electrons. The van der Waals surface area contributed by atoms with Crippen LogP contribution < -0.4 is 4.90 Å². The molecule has 3 heterocycles. The normalized spacial score (nSPS) is 29.7. The number of esters is 1. The number of ether oxygens (including phenoxy) is 1. The molecule has 0 aliphatic carbocycles. The van der Waals surface area contributed by atoms with Crippen molar-refractivity contribution in [2.75, 3.05) is 24.7 Å². The molecule has 3 saturated heterocycles. The van der Waals surface area contributed by atoms with Crippen molar-refractivity contribution in [1.82, 2.24) is 4.90 Å². The van der Waals surface area contributed by atoms with Crippen LogP contribution in [0.15, 0.2) is 43.5 Å². The van der Waals surface area contributed by atoms with Crippen LogP contribution in [0.3, 0.4) is 0 Å². The van der Waals surface area contributed by atoms with Crippen LogP contribution in [0.1, 0.15) is 50.7 Å². The van der Waals surface area contributed by atoms with E-state index in [0.29, 0.717) is 6.61 Å². The third kappa shape index (κ3) is 4.95. The Kier molecular flexibility index (Phi) is 8.96. The quantitative estimate of drug-likeness (QED) is 0.234. The number of benzene rings is 1. The third-order valence-electron chi connectivity index (χ3n) is 8.71. The van der Waals surface area contributed by atoms with Gasteiger partial charge in [0.2, 0.25) is 5.91 Å². The van der Waals surface area contributed by atoms with Crippen LogP contribution in [0, 0.1) is 31.6 Å². The Morgan fingerprint density at radius 2 is 2.03 bits per heavy atom. The fraction of sp³-hybridized carbons (Fsp3) is 0.581. The van der Waals surface area contributed by atoms with Gasteiger partial charge in [-0.05, 0) is 69.6 Å². The minimum absolute atomic E-state index is 0.0344. The van der Waals surface area contributed by atoms with Crippen LogP contribution in [-0.4, -0.2) is 69.6 Å². The molecule has 8 heteroatoms. The van der Waals surface area contributed by atoms with Gasteiger partial charge in [0.1, 0.15) is 6.04 Å². The van der Waals surface area contributed by atoms with Crippen LogP contribution in [0.2, 0.25) is 0 Å². The van der Waals surface area contributed by atoms with Crippen LogP contribution in [-0.2, 0) is 19.1 Å². The van der Waals surface area contributed by atoms with E-state index in [1.54, 1.807) is 34.6 Å². The fourth-order valence-electron chi connectivity index (χ4n) is 6.82. The molecule has 0 saturated carbocycles. The first kappa shape index (κ1) is 29.4. The summed E-state index contributed by atoms with van der Waals surface area (Å²) in [5, 5.41) is 10.1. The first-order valence-electron chi connectivity index (χ1n) is 14.0. The molecule has 2 amide bonds. The van der Waals surface area contributed by atoms with E-state index in [1.165, 1.54) is 0 Å². The van der Waals surface area contributed by atoms with Gasteiger partial charge in [0.05, 0.1) is 35.8 Å². The standard InChI is InChI=1S/C31H42N2O5S/c1-7-9-10-11-15-38-30(37)25-24-17-21(5)31(39-24)26(25)28(35)33(22(6)18-34)27(31)29(36)32(14-8-2)23-16-19(3)12-13-20(23)4/h7-8,12-13,16,21-22,24-27,34H,1-2,9-11,14-15,17-18H2,3-6H3/t21?,22-,24+,25-,26+,27?,31?/m1/s1. The van der Waals surface area contributed by atoms with Crippen LogP contribution in [0.25, 0.3) is 0 Å². The molecule has 4 rings (SSSR count). The zero-order valence-electron chi connectivity index (χ0n) is 23.6. The molecule has 3 aliphatic rings. The molecule has 0 radical (unpaired) electrons. The summed E-state index contributed by atoms with van der Waals surface area (Å²) in [6.07, 6.45) is 6.77. The smallest absolute Gasteiger partial charge is 0.310 e. The average molecular weight is 555 g/mol. The van der Waals surface area contributed by atoms with E-state index in [0.717, 1.165) is 42.5 Å². The van der Waals surface area contributed by atoms with Gasteiger partial charge in [-0.15, -0.1) is 24.9 Å². The lowest BCUT2D eigenvalue weighted by Crippen LogP contribution is -2.59. The molecule has 1 aromatic rings. The van der Waals surface area contributed by atoms with Gasteiger partial charge in [-0.2, -0.15) is 0 Å². The molecular formula is C31H42N2O5S. The number of carbonyl (C=O) groups excluding carboxylic acids is 3. The lowest BCUT2D eigenvalue weighted by Gasteiger charge is -2.41. The van der Waals surface area contributed by atoms with E-state index in [2.05, 4.69) is 20.1 Å². The highest BCUT2D eigenvalue weighted by Crippen LogP contribution is 2.69. The highest BCUT2D eigenvalue weighted by molar-refractivity contribution is 8.02. The van der Waals surface area contributed by atoms with Crippen molar-refractivity contribution in [2.24, 2.45) is 17.8 Å². The van der Waals surface area contributed by atoms with Crippen molar-refractivity contribution < 1.29 is 24.2 Å². The highest BCUT2D eigenvalue weighted by Gasteiger charge is 2.77. The summed E-state index contributed by atoms with van der Waals surface area (Å²) in [4.78, 5) is 45.6. The summed E-state index contributed by atoms with van der Waals surface area (Å²) in [5.74, 6) is -2.00. The number of fused-ring (bicyclic) bond motifs is 1. The first-order chi connectivity index (χ1) is 18.6. The summed E-state index contributed by atoms with van der Waals surface area (Å²) in [5.41, 5.74) is 2.76. The van der Waals surface area contributed by atoms with E-state index in [1.807, 2.05) is 38.1 Å². The maximum Gasteiger partial charge on any atom is 0.310 e. The van der Waals surface area contributed by atoms with E-state index >= 15 is 0 Å². The number of nitrogens with zero attached hydrogens (tertiary/aromatic N) is 2. The zero-order chi connectivity index (χ0) is 28.5. The van der Waals surface area contributed by atoms with E-state index < -0.39 is 28.7 Å². The zero-order valence-corrected chi connectivity index (χ0v) is 24.4. The number of hydrogen-bond donors (Lipinski definition) is 1. The summed E-state index contributed by atoms with van der Waals surface area (Å²) in [6, 6.07) is 4.60. The number of thioether (sulfide) groups is 1. The highest BCUT2D eigenvalue weighted by atomic mass is 32.2. The molecule has 3 fully saturated rings. The van der Waals surface area contributed by atoms with Crippen molar-refractivity contribution in [1.29, 1.82) is 0 Å². The van der Waals surface area contributed by atoms with Gasteiger partial charge in [0.15, 0.2) is 0 Å². The van der Waals surface area contributed by atoms with Crippen molar-refractivity contribution in [2.45, 2.75) is 75.5 Å². The molecule has 3 aliphatic heterocycles. The molecule has 0 aromatic heterocycles. The van der Waals surface area contributed by atoms with Crippen LogP contribution >= 0.6 is 11.8 Å². The van der Waals surface area contributed by atoms with Gasteiger partial charge < -0.3 is 19.6 Å². The van der Waals surface area contributed by atoms with E-state index in [9.17, 15) is 19.5 Å². The molecule has 7 nitrogen and oxygen atoms in total. The largest absolute Gasteiger partial charge is 0.465 e. The number of unbranched alkanes of at least 4 members (excludes halogenated alkanes) is 2. The maximum absolute atomic E-state index is 14.7. The second-order valence-electron chi connectivity index (χ2n) is 11.3. The summed E-state index contributed by atoms with van der Waals surface area (Å²) in [7, 11) is 0. The van der Waals surface area contributed by atoms with E-state index in [-0.39, 0.29) is 42.1 Å². The Morgan fingerprint density at radius 1 is 1.28 bits per heavy atom. The number of aryl methyl sites for hydroxylation is 2. The van der Waals surface area contributed by atoms with Crippen LogP contribution in [0.5, 0.6) is 0 Å². The molecule has 1 aromatic carbocycles. The third-order valence-corrected chi connectivity index (χ3v) is 10.8. The molecule has 1 N–H and O–H groups in total. The predicted octanol–water partition coefficient (Wildman–Crippen LogP) is 4.44. The van der Waals surface area contributed by atoms with Gasteiger partial charge >= 0.3 is 5.97 Å². The van der Waals surface area contributed by atoms with E-state index in [4.69, 9.17) is 4.74 Å². The van der Waals surface area contributed by atoms with Gasteiger partial charge in [-0.25, -0.2) is 0 Å². The molecule has 2 bridgehead atoms. The van der Waals surface area contributed by atoms with Crippen molar-refractivity contribution in [3.05, 3.63) is 54.6 Å². The Labute approximate surface area is 236 Å². The lowest BCUT2D eigenvalue weighted by molar-refractivity contribution is -0.155. The second-order valence-corrected chi connectivity index (χ2v) is 12.9. The van der Waals surface area contributed by atoms with Crippen molar-refractivity contribution >= 4 is 35.2 Å². The summed E-state index contributed by atoms with van der Waals surface area (Å²) < 4.78 is 4.93. The minimum Gasteiger partial charge on any atom is -0.465 e. The topological polar surface area (TPSA) is 87.2 Å². The molecule has 1 spiro atoms. The van der Waals surface area contributed by atoms with Gasteiger partial charge in [-0.3, -0.25) is 14.4 Å². The number of allylic oxidation sites excluding steroid dienone is 1. The van der Waals surface area contributed by atoms with Crippen LogP contribution in [0.4, 0.5) is 5.69 Å². The first-order valence-corrected chi connectivity index (χ1v) is 14.9. The lowest BCUT2D eigenvalue weighted by atomic mass is 9.66. The number of likely N-dealkylation sites (tertiary alicyclic amines) is 1. The number of anilines is 1. The maximum atomic E-state index is 14.7. The average Bonchev–Trinajstić information content (AvgIpc) is 3.51. The summed E-state index contributed by atoms with van der Waals surface area (Å²) in [6.45, 7) is 15.7.